The number of methoxy groups -OCH3 is 1. The second kappa shape index (κ2) is 6.02. The first-order chi connectivity index (χ1) is 9.90. The summed E-state index contributed by atoms with van der Waals surface area (Å²) in [5, 5.41) is 5.60. The van der Waals surface area contributed by atoms with E-state index in [-0.39, 0.29) is 6.54 Å². The monoisotopic (exact) mass is 302 g/mol. The molecule has 1 aliphatic rings. The third-order valence-corrected chi connectivity index (χ3v) is 2.90. The SMILES string of the molecule is COc1ccc(C2=NO[C@@H](CNC(=O)C(F)(F)F)C2)cc1. The number of amides is 1. The third kappa shape index (κ3) is 3.87. The molecule has 0 unspecified atom stereocenters. The summed E-state index contributed by atoms with van der Waals surface area (Å²) >= 11 is 0. The van der Waals surface area contributed by atoms with E-state index in [2.05, 4.69) is 5.16 Å². The van der Waals surface area contributed by atoms with E-state index < -0.39 is 18.2 Å². The first-order valence-corrected chi connectivity index (χ1v) is 6.12. The first kappa shape index (κ1) is 15.1. The molecular formula is C13H13F3N2O3. The van der Waals surface area contributed by atoms with E-state index in [1.807, 2.05) is 0 Å². The van der Waals surface area contributed by atoms with E-state index in [1.54, 1.807) is 36.7 Å². The minimum atomic E-state index is -4.89. The van der Waals surface area contributed by atoms with E-state index in [4.69, 9.17) is 9.57 Å². The van der Waals surface area contributed by atoms with E-state index >= 15 is 0 Å². The number of nitrogens with zero attached hydrogens (tertiary/aromatic N) is 1. The standard InChI is InChI=1S/C13H13F3N2O3/c1-20-9-4-2-8(3-5-9)11-6-10(21-18-11)7-17-12(19)13(14,15)16/h2-5,10H,6-7H2,1H3,(H,17,19)/t10-/m1/s1. The lowest BCUT2D eigenvalue weighted by atomic mass is 10.0. The zero-order valence-electron chi connectivity index (χ0n) is 11.1. The second-order valence-corrected chi connectivity index (χ2v) is 4.41. The van der Waals surface area contributed by atoms with Crippen LogP contribution in [0.1, 0.15) is 12.0 Å². The van der Waals surface area contributed by atoms with Crippen LogP contribution in [0.2, 0.25) is 0 Å². The number of hydrogen-bond acceptors (Lipinski definition) is 4. The molecule has 1 aromatic rings. The Morgan fingerprint density at radius 1 is 1.43 bits per heavy atom. The molecular weight excluding hydrogens is 289 g/mol. The number of nitrogens with one attached hydrogen (secondary N) is 1. The predicted molar refractivity (Wildman–Crippen MR) is 68.1 cm³/mol. The number of halogens is 3. The number of carbonyl (C=O) groups is 1. The molecule has 0 spiro atoms. The molecule has 21 heavy (non-hydrogen) atoms. The number of ether oxygens (including phenoxy) is 1. The van der Waals surface area contributed by atoms with Crippen molar-refractivity contribution in [2.24, 2.45) is 5.16 Å². The van der Waals surface area contributed by atoms with E-state index in [0.717, 1.165) is 5.56 Å². The van der Waals surface area contributed by atoms with Crippen molar-refractivity contribution in [1.29, 1.82) is 0 Å². The third-order valence-electron chi connectivity index (χ3n) is 2.90. The summed E-state index contributed by atoms with van der Waals surface area (Å²) in [5.74, 6) is -1.30. The number of alkyl halides is 3. The summed E-state index contributed by atoms with van der Waals surface area (Å²) in [6.07, 6.45) is -5.17. The highest BCUT2D eigenvalue weighted by molar-refractivity contribution is 6.01. The van der Waals surface area contributed by atoms with Crippen LogP contribution in [0.4, 0.5) is 13.2 Å². The van der Waals surface area contributed by atoms with Crippen LogP contribution in [0, 0.1) is 0 Å². The van der Waals surface area contributed by atoms with Crippen molar-refractivity contribution in [3.05, 3.63) is 29.8 Å². The Kier molecular flexibility index (Phi) is 4.35. The minimum absolute atomic E-state index is 0.249. The lowest BCUT2D eigenvalue weighted by Crippen LogP contribution is -2.40. The molecule has 1 atom stereocenters. The fourth-order valence-corrected chi connectivity index (χ4v) is 1.80. The lowest BCUT2D eigenvalue weighted by Gasteiger charge is -2.11. The highest BCUT2D eigenvalue weighted by atomic mass is 19.4. The Hall–Kier alpha value is -2.25. The number of hydrogen-bond donors (Lipinski definition) is 1. The molecule has 8 heteroatoms. The molecule has 1 N–H and O–H groups in total. The van der Waals surface area contributed by atoms with Gasteiger partial charge in [0.25, 0.3) is 0 Å². The quantitative estimate of drug-likeness (QED) is 0.923. The molecule has 0 aromatic heterocycles. The van der Waals surface area contributed by atoms with Crippen LogP contribution in [-0.4, -0.2) is 37.6 Å². The smallest absolute Gasteiger partial charge is 0.471 e. The zero-order valence-corrected chi connectivity index (χ0v) is 11.1. The summed E-state index contributed by atoms with van der Waals surface area (Å²) < 4.78 is 41.2. The predicted octanol–water partition coefficient (Wildman–Crippen LogP) is 1.87. The molecule has 0 aliphatic carbocycles. The second-order valence-electron chi connectivity index (χ2n) is 4.41. The Labute approximate surface area is 118 Å². The summed E-state index contributed by atoms with van der Waals surface area (Å²) in [6.45, 7) is -0.249. The molecule has 0 bridgehead atoms. The number of carbonyl (C=O) groups excluding carboxylic acids is 1. The molecule has 0 radical (unpaired) electrons. The maximum absolute atomic E-state index is 12.0. The molecule has 1 aliphatic heterocycles. The van der Waals surface area contributed by atoms with Crippen LogP contribution in [0.25, 0.3) is 0 Å². The highest BCUT2D eigenvalue weighted by Crippen LogP contribution is 2.19. The summed E-state index contributed by atoms with van der Waals surface area (Å²) in [6, 6.07) is 7.04. The minimum Gasteiger partial charge on any atom is -0.497 e. The lowest BCUT2D eigenvalue weighted by molar-refractivity contribution is -0.174. The molecule has 0 saturated carbocycles. The number of rotatable bonds is 4. The molecule has 1 heterocycles. The normalized spacial score (nSPS) is 17.9. The van der Waals surface area contributed by atoms with Crippen molar-refractivity contribution in [3.63, 3.8) is 0 Å². The van der Waals surface area contributed by atoms with E-state index in [1.165, 1.54) is 0 Å². The van der Waals surface area contributed by atoms with Gasteiger partial charge in [-0.1, -0.05) is 5.16 Å². The Bertz CT molecular complexity index is 541. The summed E-state index contributed by atoms with van der Waals surface area (Å²) in [7, 11) is 1.55. The Morgan fingerprint density at radius 2 is 2.10 bits per heavy atom. The van der Waals surface area contributed by atoms with Gasteiger partial charge in [-0.25, -0.2) is 0 Å². The van der Waals surface area contributed by atoms with E-state index in [0.29, 0.717) is 17.9 Å². The highest BCUT2D eigenvalue weighted by Gasteiger charge is 2.39. The van der Waals surface area contributed by atoms with Crippen molar-refractivity contribution in [1.82, 2.24) is 5.32 Å². The van der Waals surface area contributed by atoms with Gasteiger partial charge < -0.3 is 14.9 Å². The largest absolute Gasteiger partial charge is 0.497 e. The van der Waals surface area contributed by atoms with Gasteiger partial charge in [0.05, 0.1) is 19.4 Å². The molecule has 2 rings (SSSR count). The molecule has 5 nitrogen and oxygen atoms in total. The summed E-state index contributed by atoms with van der Waals surface area (Å²) in [5.41, 5.74) is 1.41. The van der Waals surface area contributed by atoms with E-state index in [9.17, 15) is 18.0 Å². The topological polar surface area (TPSA) is 59.9 Å². The number of benzene rings is 1. The van der Waals surface area contributed by atoms with Crippen LogP contribution in [-0.2, 0) is 9.63 Å². The van der Waals surface area contributed by atoms with Crippen LogP contribution in [0.5, 0.6) is 5.75 Å². The fourth-order valence-electron chi connectivity index (χ4n) is 1.80. The molecule has 0 fully saturated rings. The van der Waals surface area contributed by atoms with Gasteiger partial charge in [0.1, 0.15) is 11.9 Å². The van der Waals surface area contributed by atoms with Gasteiger partial charge in [-0.15, -0.1) is 0 Å². The van der Waals surface area contributed by atoms with Gasteiger partial charge in [0.2, 0.25) is 0 Å². The van der Waals surface area contributed by atoms with Crippen LogP contribution >= 0.6 is 0 Å². The Morgan fingerprint density at radius 3 is 2.67 bits per heavy atom. The van der Waals surface area contributed by atoms with Crippen LogP contribution < -0.4 is 10.1 Å². The average molecular weight is 302 g/mol. The molecule has 1 aromatic carbocycles. The maximum atomic E-state index is 12.0. The van der Waals surface area contributed by atoms with Gasteiger partial charge in [-0.2, -0.15) is 13.2 Å². The van der Waals surface area contributed by atoms with Crippen molar-refractivity contribution in [2.45, 2.75) is 18.7 Å². The van der Waals surface area contributed by atoms with Crippen molar-refractivity contribution in [3.8, 4) is 5.75 Å². The zero-order chi connectivity index (χ0) is 15.5. The maximum Gasteiger partial charge on any atom is 0.471 e. The fraction of sp³-hybridized carbons (Fsp3) is 0.385. The first-order valence-electron chi connectivity index (χ1n) is 6.12. The van der Waals surface area contributed by atoms with Crippen molar-refractivity contribution >= 4 is 11.6 Å². The van der Waals surface area contributed by atoms with Gasteiger partial charge in [0, 0.05) is 6.42 Å². The average Bonchev–Trinajstić information content (AvgIpc) is 2.92. The van der Waals surface area contributed by atoms with Gasteiger partial charge in [-0.3, -0.25) is 4.79 Å². The Balaban J connectivity index is 1.86. The number of oxime groups is 1. The summed E-state index contributed by atoms with van der Waals surface area (Å²) in [4.78, 5) is 15.7. The van der Waals surface area contributed by atoms with Crippen LogP contribution in [0.15, 0.2) is 29.4 Å². The van der Waals surface area contributed by atoms with Gasteiger partial charge in [-0.05, 0) is 29.8 Å². The van der Waals surface area contributed by atoms with Gasteiger partial charge >= 0.3 is 12.1 Å². The molecule has 114 valence electrons. The van der Waals surface area contributed by atoms with Crippen LogP contribution in [0.3, 0.4) is 0 Å². The molecule has 1 amide bonds. The van der Waals surface area contributed by atoms with Crippen molar-refractivity contribution in [2.75, 3.05) is 13.7 Å². The molecule has 0 saturated heterocycles. The van der Waals surface area contributed by atoms with Crippen molar-refractivity contribution < 1.29 is 27.5 Å². The van der Waals surface area contributed by atoms with Gasteiger partial charge in [0.15, 0.2) is 0 Å².